The maximum Gasteiger partial charge on any atom is 0.321 e. The first-order chi connectivity index (χ1) is 17.4. The lowest BCUT2D eigenvalue weighted by atomic mass is 10.1. The summed E-state index contributed by atoms with van der Waals surface area (Å²) in [5.41, 5.74) is 2.95. The van der Waals surface area contributed by atoms with Gasteiger partial charge in [0.2, 0.25) is 0 Å². The van der Waals surface area contributed by atoms with Gasteiger partial charge in [-0.3, -0.25) is 0 Å². The third-order valence-corrected chi connectivity index (χ3v) is 7.96. The summed E-state index contributed by atoms with van der Waals surface area (Å²) in [6.07, 6.45) is 1.65. The number of benzene rings is 2. The van der Waals surface area contributed by atoms with Gasteiger partial charge >= 0.3 is 6.03 Å². The van der Waals surface area contributed by atoms with Gasteiger partial charge in [-0.1, -0.05) is 41.9 Å². The normalized spacial score (nSPS) is 13.9. The van der Waals surface area contributed by atoms with E-state index < -0.39 is 5.82 Å². The number of thiophene rings is 1. The Morgan fingerprint density at radius 1 is 1.06 bits per heavy atom. The van der Waals surface area contributed by atoms with E-state index in [9.17, 15) is 9.18 Å². The Kier molecular flexibility index (Phi) is 7.07. The molecule has 1 aliphatic heterocycles. The molecule has 5 rings (SSSR count). The Morgan fingerprint density at radius 2 is 1.81 bits per heavy atom. The Bertz CT molecular complexity index is 1400. The van der Waals surface area contributed by atoms with Crippen molar-refractivity contribution in [2.24, 2.45) is 0 Å². The number of carbonyl (C=O) groups excluding carboxylic acids is 1. The highest BCUT2D eigenvalue weighted by Crippen LogP contribution is 2.35. The molecule has 36 heavy (non-hydrogen) atoms. The van der Waals surface area contributed by atoms with E-state index in [0.717, 1.165) is 34.7 Å². The molecule has 2 amide bonds. The van der Waals surface area contributed by atoms with Gasteiger partial charge in [0, 0.05) is 43.2 Å². The summed E-state index contributed by atoms with van der Waals surface area (Å²) in [7, 11) is 0. The van der Waals surface area contributed by atoms with Crippen LogP contribution in [0.15, 0.2) is 48.5 Å². The van der Waals surface area contributed by atoms with Crippen LogP contribution in [0, 0.1) is 19.7 Å². The summed E-state index contributed by atoms with van der Waals surface area (Å²) in [4.78, 5) is 29.0. The first kappa shape index (κ1) is 24.5. The second kappa shape index (κ2) is 10.4. The second-order valence-electron chi connectivity index (χ2n) is 8.95. The highest BCUT2D eigenvalue weighted by atomic mass is 35.5. The van der Waals surface area contributed by atoms with Gasteiger partial charge in [0.05, 0.1) is 10.4 Å². The Hall–Kier alpha value is -3.23. The third kappa shape index (κ3) is 5.15. The van der Waals surface area contributed by atoms with Gasteiger partial charge in [0.25, 0.3) is 0 Å². The van der Waals surface area contributed by atoms with Gasteiger partial charge in [-0.2, -0.15) is 0 Å². The molecule has 0 atom stereocenters. The number of hydrogen-bond donors (Lipinski definition) is 1. The van der Waals surface area contributed by atoms with Crippen LogP contribution in [-0.4, -0.2) is 47.1 Å². The lowest BCUT2D eigenvalue weighted by molar-refractivity contribution is 0.208. The third-order valence-electron chi connectivity index (χ3n) is 6.57. The minimum absolute atomic E-state index is 0.0186. The Labute approximate surface area is 218 Å². The van der Waals surface area contributed by atoms with E-state index >= 15 is 0 Å². The molecule has 2 aromatic heterocycles. The van der Waals surface area contributed by atoms with E-state index in [1.807, 2.05) is 6.07 Å². The molecule has 1 aliphatic rings. The summed E-state index contributed by atoms with van der Waals surface area (Å²) < 4.78 is 13.4. The van der Waals surface area contributed by atoms with Crippen molar-refractivity contribution in [1.82, 2.24) is 14.9 Å². The number of hydrogen-bond acceptors (Lipinski definition) is 5. The summed E-state index contributed by atoms with van der Waals surface area (Å²) >= 11 is 7.56. The summed E-state index contributed by atoms with van der Waals surface area (Å²) in [5.74, 6) is 1.28. The van der Waals surface area contributed by atoms with Crippen molar-refractivity contribution in [1.29, 1.82) is 0 Å². The molecule has 186 valence electrons. The number of rotatable bonds is 5. The molecule has 1 saturated heterocycles. The van der Waals surface area contributed by atoms with E-state index in [2.05, 4.69) is 48.3 Å². The number of carbonyl (C=O) groups is 1. The molecule has 0 bridgehead atoms. The molecular formula is C27H27ClFN5OS. The monoisotopic (exact) mass is 523 g/mol. The summed E-state index contributed by atoms with van der Waals surface area (Å²) in [5, 5.41) is 3.90. The number of nitrogens with one attached hydrogen (secondary N) is 1. The smallest absolute Gasteiger partial charge is 0.321 e. The van der Waals surface area contributed by atoms with Crippen LogP contribution in [0.5, 0.6) is 0 Å². The molecule has 0 radical (unpaired) electrons. The van der Waals surface area contributed by atoms with Crippen LogP contribution >= 0.6 is 22.9 Å². The van der Waals surface area contributed by atoms with Crippen LogP contribution in [0.4, 0.5) is 20.7 Å². The molecule has 0 spiro atoms. The maximum absolute atomic E-state index is 13.4. The predicted octanol–water partition coefficient (Wildman–Crippen LogP) is 6.24. The average molecular weight is 524 g/mol. The standard InChI is InChI=1S/C27H27ClFN5OS/c1-17-18(2)36-26-24(17)25(31-23(32-26)11-8-19-6-4-3-5-7-19)33-12-14-34(15-13-33)27(35)30-20-9-10-22(29)21(28)16-20/h3-7,9-10,16H,8,11-15H2,1-2H3,(H,30,35). The van der Waals surface area contributed by atoms with Gasteiger partial charge in [-0.15, -0.1) is 11.3 Å². The Morgan fingerprint density at radius 3 is 2.53 bits per heavy atom. The van der Waals surface area contributed by atoms with E-state index in [-0.39, 0.29) is 11.1 Å². The zero-order valence-electron chi connectivity index (χ0n) is 20.2. The molecule has 9 heteroatoms. The number of fused-ring (bicyclic) bond motifs is 1. The number of halogens is 2. The van der Waals surface area contributed by atoms with Crippen molar-refractivity contribution in [2.75, 3.05) is 36.4 Å². The van der Waals surface area contributed by atoms with Crippen LogP contribution in [-0.2, 0) is 12.8 Å². The van der Waals surface area contributed by atoms with E-state index in [1.165, 1.54) is 34.2 Å². The van der Waals surface area contributed by atoms with Gasteiger partial charge in [0.15, 0.2) is 0 Å². The second-order valence-corrected chi connectivity index (χ2v) is 10.6. The number of anilines is 2. The summed E-state index contributed by atoms with van der Waals surface area (Å²) in [6, 6.07) is 14.3. The van der Waals surface area contributed by atoms with Gasteiger partial charge in [-0.05, 0) is 49.6 Å². The summed E-state index contributed by atoms with van der Waals surface area (Å²) in [6.45, 7) is 6.68. The topological polar surface area (TPSA) is 61.4 Å². The van der Waals surface area contributed by atoms with Crippen LogP contribution in [0.25, 0.3) is 10.2 Å². The quantitative estimate of drug-likeness (QED) is 0.336. The molecule has 2 aromatic carbocycles. The number of urea groups is 1. The van der Waals surface area contributed by atoms with Gasteiger partial charge in [-0.25, -0.2) is 19.2 Å². The van der Waals surface area contributed by atoms with Crippen LogP contribution in [0.1, 0.15) is 21.8 Å². The SMILES string of the molecule is Cc1sc2nc(CCc3ccccc3)nc(N3CCN(C(=O)Nc4ccc(F)c(Cl)c4)CC3)c2c1C. The molecular weight excluding hydrogens is 497 g/mol. The van der Waals surface area contributed by atoms with Crippen molar-refractivity contribution in [3.63, 3.8) is 0 Å². The van der Waals surface area contributed by atoms with Crippen LogP contribution < -0.4 is 10.2 Å². The van der Waals surface area contributed by atoms with Crippen LogP contribution in [0.2, 0.25) is 5.02 Å². The van der Waals surface area contributed by atoms with E-state index in [1.54, 1.807) is 16.2 Å². The van der Waals surface area contributed by atoms with E-state index in [4.69, 9.17) is 21.6 Å². The first-order valence-corrected chi connectivity index (χ1v) is 13.1. The average Bonchev–Trinajstić information content (AvgIpc) is 3.18. The molecule has 1 fully saturated rings. The van der Waals surface area contributed by atoms with Crippen molar-refractivity contribution < 1.29 is 9.18 Å². The Balaban J connectivity index is 1.32. The van der Waals surface area contributed by atoms with Crippen molar-refractivity contribution >= 4 is 50.7 Å². The fourth-order valence-electron chi connectivity index (χ4n) is 4.41. The number of nitrogens with zero attached hydrogens (tertiary/aromatic N) is 4. The fraction of sp³-hybridized carbons (Fsp3) is 0.296. The van der Waals surface area contributed by atoms with Crippen molar-refractivity contribution in [3.8, 4) is 0 Å². The van der Waals surface area contributed by atoms with Crippen LogP contribution in [0.3, 0.4) is 0 Å². The molecule has 4 aromatic rings. The molecule has 1 N–H and O–H groups in total. The number of amides is 2. The van der Waals surface area contributed by atoms with Gasteiger partial charge < -0.3 is 15.1 Å². The lowest BCUT2D eigenvalue weighted by Gasteiger charge is -2.35. The van der Waals surface area contributed by atoms with E-state index in [0.29, 0.717) is 31.9 Å². The lowest BCUT2D eigenvalue weighted by Crippen LogP contribution is -2.50. The molecule has 0 aliphatic carbocycles. The highest BCUT2D eigenvalue weighted by molar-refractivity contribution is 7.18. The van der Waals surface area contributed by atoms with Crippen molar-refractivity contribution in [2.45, 2.75) is 26.7 Å². The van der Waals surface area contributed by atoms with Gasteiger partial charge in [0.1, 0.15) is 22.3 Å². The largest absolute Gasteiger partial charge is 0.352 e. The molecule has 3 heterocycles. The number of piperazine rings is 1. The molecule has 0 unspecified atom stereocenters. The zero-order chi connectivity index (χ0) is 25.2. The minimum Gasteiger partial charge on any atom is -0.352 e. The fourth-order valence-corrected chi connectivity index (χ4v) is 5.63. The predicted molar refractivity (Wildman–Crippen MR) is 145 cm³/mol. The molecule has 6 nitrogen and oxygen atoms in total. The maximum atomic E-state index is 13.4. The minimum atomic E-state index is -0.512. The molecule has 0 saturated carbocycles. The van der Waals surface area contributed by atoms with Crippen molar-refractivity contribution in [3.05, 3.63) is 81.2 Å². The highest BCUT2D eigenvalue weighted by Gasteiger charge is 2.25. The zero-order valence-corrected chi connectivity index (χ0v) is 21.8. The first-order valence-electron chi connectivity index (χ1n) is 12.0. The number of aryl methyl sites for hydroxylation is 4. The number of aromatic nitrogens is 2.